The number of likely N-dealkylation sites (tertiary alicyclic amines) is 1. The smallest absolute Gasteiger partial charge is 0.274 e. The lowest BCUT2D eigenvalue weighted by atomic mass is 9.88. The predicted octanol–water partition coefficient (Wildman–Crippen LogP) is 2.66. The minimum absolute atomic E-state index is 0.0718. The first-order valence-corrected chi connectivity index (χ1v) is 9.32. The van der Waals surface area contributed by atoms with E-state index >= 15 is 0 Å². The number of carbonyl (C=O) groups is 1. The van der Waals surface area contributed by atoms with Crippen molar-refractivity contribution < 1.29 is 9.63 Å². The zero-order valence-corrected chi connectivity index (χ0v) is 15.5. The van der Waals surface area contributed by atoms with E-state index in [0.29, 0.717) is 17.5 Å². The molecule has 0 bridgehead atoms. The van der Waals surface area contributed by atoms with Gasteiger partial charge in [0.05, 0.1) is 12.0 Å². The fourth-order valence-corrected chi connectivity index (χ4v) is 4.74. The molecule has 1 saturated heterocycles. The molecule has 0 spiro atoms. The van der Waals surface area contributed by atoms with Crippen molar-refractivity contribution in [3.63, 3.8) is 0 Å². The molecule has 0 aromatic carbocycles. The molecule has 4 aliphatic rings. The summed E-state index contributed by atoms with van der Waals surface area (Å²) >= 11 is 0. The standard InChI is InChI=1S/C19H26N4O2/c1-17(2)7-15(21-25-17)19(4)12-8-22(9-13(12)19)16(24)14-10-23(11-20-14)18(3)5-6-18/h10-13H,5-9H2,1-4H3. The largest absolute Gasteiger partial charge is 0.389 e. The average Bonchev–Trinajstić information content (AvgIpc) is 3.18. The van der Waals surface area contributed by atoms with Crippen LogP contribution in [0.15, 0.2) is 17.7 Å². The Kier molecular flexibility index (Phi) is 2.75. The van der Waals surface area contributed by atoms with Gasteiger partial charge >= 0.3 is 0 Å². The SMILES string of the molecule is CC1(C)CC(C2(C)C3CN(C(=O)c4cn(C5(C)CC5)cn4)CC32)=NO1. The molecule has 134 valence electrons. The molecule has 2 atom stereocenters. The van der Waals surface area contributed by atoms with Crippen molar-refractivity contribution in [2.75, 3.05) is 13.1 Å². The van der Waals surface area contributed by atoms with Crippen LogP contribution in [0, 0.1) is 17.3 Å². The quantitative estimate of drug-likeness (QED) is 0.848. The summed E-state index contributed by atoms with van der Waals surface area (Å²) in [6, 6.07) is 0. The number of oxime groups is 1. The van der Waals surface area contributed by atoms with Crippen LogP contribution in [0.25, 0.3) is 0 Å². The highest BCUT2D eigenvalue weighted by molar-refractivity contribution is 5.96. The molecule has 1 aromatic heterocycles. The highest BCUT2D eigenvalue weighted by Crippen LogP contribution is 2.64. The Morgan fingerprint density at radius 2 is 1.88 bits per heavy atom. The van der Waals surface area contributed by atoms with Gasteiger partial charge in [-0.1, -0.05) is 12.1 Å². The molecule has 1 amide bonds. The molecule has 6 heteroatoms. The third-order valence-electron chi connectivity index (χ3n) is 7.06. The normalized spacial score (nSPS) is 36.6. The first kappa shape index (κ1) is 15.4. The number of hydrogen-bond donors (Lipinski definition) is 0. The van der Waals surface area contributed by atoms with Crippen LogP contribution >= 0.6 is 0 Å². The summed E-state index contributed by atoms with van der Waals surface area (Å²) in [5.74, 6) is 1.09. The number of amides is 1. The van der Waals surface area contributed by atoms with E-state index in [1.165, 1.54) is 18.6 Å². The Morgan fingerprint density at radius 1 is 1.20 bits per heavy atom. The van der Waals surface area contributed by atoms with Crippen LogP contribution in [0.1, 0.15) is 57.4 Å². The fraction of sp³-hybridized carbons (Fsp3) is 0.737. The number of fused-ring (bicyclic) bond motifs is 1. The molecule has 0 N–H and O–H groups in total. The number of hydrogen-bond acceptors (Lipinski definition) is 4. The predicted molar refractivity (Wildman–Crippen MR) is 93.3 cm³/mol. The van der Waals surface area contributed by atoms with Crippen LogP contribution < -0.4 is 0 Å². The molecule has 2 saturated carbocycles. The topological polar surface area (TPSA) is 59.7 Å². The molecule has 3 heterocycles. The van der Waals surface area contributed by atoms with Crippen LogP contribution in [-0.4, -0.2) is 44.8 Å². The van der Waals surface area contributed by atoms with Crippen LogP contribution in [0.4, 0.5) is 0 Å². The number of nitrogens with zero attached hydrogens (tertiary/aromatic N) is 4. The number of rotatable bonds is 3. The molecule has 6 nitrogen and oxygen atoms in total. The van der Waals surface area contributed by atoms with Crippen LogP contribution in [0.2, 0.25) is 0 Å². The highest BCUT2D eigenvalue weighted by Gasteiger charge is 2.69. The van der Waals surface area contributed by atoms with Crippen molar-refractivity contribution in [3.05, 3.63) is 18.2 Å². The Bertz CT molecular complexity index is 777. The van der Waals surface area contributed by atoms with E-state index in [-0.39, 0.29) is 22.5 Å². The Morgan fingerprint density at radius 3 is 2.44 bits per heavy atom. The van der Waals surface area contributed by atoms with Gasteiger partial charge in [0.2, 0.25) is 0 Å². The van der Waals surface area contributed by atoms with Crippen LogP contribution in [0.5, 0.6) is 0 Å². The first-order valence-electron chi connectivity index (χ1n) is 9.32. The lowest BCUT2D eigenvalue weighted by Gasteiger charge is -2.24. The zero-order chi connectivity index (χ0) is 17.6. The fourth-order valence-electron chi connectivity index (χ4n) is 4.74. The van der Waals surface area contributed by atoms with Gasteiger partial charge in [0.25, 0.3) is 5.91 Å². The molecule has 2 aliphatic carbocycles. The van der Waals surface area contributed by atoms with Gasteiger partial charge in [0, 0.05) is 36.7 Å². The Hall–Kier alpha value is -1.85. The second kappa shape index (κ2) is 4.46. The van der Waals surface area contributed by atoms with Crippen molar-refractivity contribution >= 4 is 11.6 Å². The minimum Gasteiger partial charge on any atom is -0.389 e. The van der Waals surface area contributed by atoms with Gasteiger partial charge < -0.3 is 14.3 Å². The third-order valence-corrected chi connectivity index (χ3v) is 7.06. The van der Waals surface area contributed by atoms with Gasteiger partial charge in [0.15, 0.2) is 0 Å². The maximum Gasteiger partial charge on any atom is 0.274 e. The molecule has 5 rings (SSSR count). The number of aromatic nitrogens is 2. The van der Waals surface area contributed by atoms with Crippen molar-refractivity contribution in [1.29, 1.82) is 0 Å². The summed E-state index contributed by atoms with van der Waals surface area (Å²) in [7, 11) is 0. The zero-order valence-electron chi connectivity index (χ0n) is 15.5. The highest BCUT2D eigenvalue weighted by atomic mass is 16.7. The molecule has 1 aromatic rings. The van der Waals surface area contributed by atoms with Gasteiger partial charge in [-0.05, 0) is 45.4 Å². The lowest BCUT2D eigenvalue weighted by molar-refractivity contribution is 0.0123. The summed E-state index contributed by atoms with van der Waals surface area (Å²) in [5.41, 5.74) is 1.89. The Balaban J connectivity index is 1.26. The molecular weight excluding hydrogens is 316 g/mol. The average molecular weight is 342 g/mol. The minimum atomic E-state index is -0.184. The van der Waals surface area contributed by atoms with Crippen molar-refractivity contribution in [1.82, 2.24) is 14.5 Å². The second-order valence-corrected chi connectivity index (χ2v) is 9.43. The summed E-state index contributed by atoms with van der Waals surface area (Å²) in [4.78, 5) is 24.7. The Labute approximate surface area is 148 Å². The monoisotopic (exact) mass is 342 g/mol. The number of imidazole rings is 1. The van der Waals surface area contributed by atoms with Gasteiger partial charge in [-0.2, -0.15) is 0 Å². The van der Waals surface area contributed by atoms with Gasteiger partial charge in [-0.3, -0.25) is 4.79 Å². The third kappa shape index (κ3) is 2.12. The van der Waals surface area contributed by atoms with E-state index in [0.717, 1.165) is 19.5 Å². The van der Waals surface area contributed by atoms with E-state index in [1.807, 2.05) is 17.4 Å². The van der Waals surface area contributed by atoms with Crippen LogP contribution in [0.3, 0.4) is 0 Å². The maximum absolute atomic E-state index is 12.8. The van der Waals surface area contributed by atoms with Crippen molar-refractivity contribution in [2.24, 2.45) is 22.4 Å². The van der Waals surface area contributed by atoms with Crippen molar-refractivity contribution in [2.45, 2.75) is 58.1 Å². The molecular formula is C19H26N4O2. The summed E-state index contributed by atoms with van der Waals surface area (Å²) in [5, 5.41) is 4.37. The van der Waals surface area contributed by atoms with Crippen LogP contribution in [-0.2, 0) is 10.4 Å². The molecule has 2 unspecified atom stereocenters. The van der Waals surface area contributed by atoms with Gasteiger partial charge in [-0.15, -0.1) is 0 Å². The van der Waals surface area contributed by atoms with E-state index in [9.17, 15) is 4.79 Å². The summed E-state index contributed by atoms with van der Waals surface area (Å²) in [6.45, 7) is 10.3. The molecule has 0 radical (unpaired) electrons. The maximum atomic E-state index is 12.8. The second-order valence-electron chi connectivity index (χ2n) is 9.43. The van der Waals surface area contributed by atoms with E-state index < -0.39 is 0 Å². The molecule has 25 heavy (non-hydrogen) atoms. The van der Waals surface area contributed by atoms with E-state index in [1.54, 1.807) is 0 Å². The number of carbonyl (C=O) groups excluding carboxylic acids is 1. The summed E-state index contributed by atoms with van der Waals surface area (Å²) < 4.78 is 2.10. The molecule has 3 fully saturated rings. The van der Waals surface area contributed by atoms with E-state index in [4.69, 9.17) is 4.84 Å². The number of piperidine rings is 1. The van der Waals surface area contributed by atoms with E-state index in [2.05, 4.69) is 42.4 Å². The van der Waals surface area contributed by atoms with Gasteiger partial charge in [-0.25, -0.2) is 4.98 Å². The molecule has 2 aliphatic heterocycles. The lowest BCUT2D eigenvalue weighted by Crippen LogP contribution is -2.36. The van der Waals surface area contributed by atoms with Gasteiger partial charge in [0.1, 0.15) is 11.3 Å². The van der Waals surface area contributed by atoms with Crippen molar-refractivity contribution in [3.8, 4) is 0 Å². The first-order chi connectivity index (χ1) is 11.7. The summed E-state index contributed by atoms with van der Waals surface area (Å²) in [6.07, 6.45) is 6.98.